The minimum Gasteiger partial charge on any atom is -0.303 e. The second-order valence-corrected chi connectivity index (χ2v) is 9.11. The van der Waals surface area contributed by atoms with E-state index in [1.54, 1.807) is 0 Å². The minimum absolute atomic E-state index is 0.309. The van der Waals surface area contributed by atoms with Crippen LogP contribution in [-0.2, 0) is 4.57 Å². The largest absolute Gasteiger partial charge is 0.466 e. The Morgan fingerprint density at radius 1 is 1.00 bits per heavy atom. The number of aryl methyl sites for hydroxylation is 3. The SMILES string of the molecule is CCP(C(=O)c1c(C)cc(C)cc1C)c1ccccc1.O=P(O)(O)O. The van der Waals surface area contributed by atoms with E-state index in [0.29, 0.717) is 5.52 Å². The third-order valence-corrected chi connectivity index (χ3v) is 5.79. The third-order valence-electron chi connectivity index (χ3n) is 3.52. The summed E-state index contributed by atoms with van der Waals surface area (Å²) in [5.41, 5.74) is 4.65. The number of hydrogen-bond donors (Lipinski definition) is 3. The molecule has 1 atom stereocenters. The van der Waals surface area contributed by atoms with Crippen LogP contribution in [0.5, 0.6) is 0 Å². The number of hydrogen-bond acceptors (Lipinski definition) is 2. The lowest BCUT2D eigenvalue weighted by molar-refractivity contribution is 0.108. The van der Waals surface area contributed by atoms with E-state index in [9.17, 15) is 4.79 Å². The number of rotatable bonds is 4. The lowest BCUT2D eigenvalue weighted by atomic mass is 10.0. The van der Waals surface area contributed by atoms with E-state index in [1.165, 1.54) is 10.9 Å². The van der Waals surface area contributed by atoms with Crippen molar-refractivity contribution in [3.8, 4) is 0 Å². The Balaban J connectivity index is 0.000000550. The molecule has 0 bridgehead atoms. The molecule has 0 radical (unpaired) electrons. The molecular weight excluding hydrogens is 358 g/mol. The Kier molecular flexibility index (Phi) is 8.14. The summed E-state index contributed by atoms with van der Waals surface area (Å²) in [5.74, 6) is 0. The Hall–Kier alpha value is -1.35. The molecule has 2 rings (SSSR count). The van der Waals surface area contributed by atoms with Gasteiger partial charge in [-0.2, -0.15) is 0 Å². The van der Waals surface area contributed by atoms with Crippen molar-refractivity contribution in [1.29, 1.82) is 0 Å². The summed E-state index contributed by atoms with van der Waals surface area (Å²) in [6, 6.07) is 14.4. The lowest BCUT2D eigenvalue weighted by Gasteiger charge is -2.18. The van der Waals surface area contributed by atoms with Gasteiger partial charge in [-0.15, -0.1) is 0 Å². The number of carbonyl (C=O) groups excluding carboxylic acids is 1. The summed E-state index contributed by atoms with van der Waals surface area (Å²) in [6.07, 6.45) is 0.894. The average Bonchev–Trinajstić information content (AvgIpc) is 2.46. The molecule has 0 saturated heterocycles. The zero-order chi connectivity index (χ0) is 19.2. The third kappa shape index (κ3) is 7.19. The van der Waals surface area contributed by atoms with Gasteiger partial charge >= 0.3 is 7.82 Å². The number of phosphoric acid groups is 1. The number of benzene rings is 2. The zero-order valence-electron chi connectivity index (χ0n) is 14.8. The molecule has 136 valence electrons. The molecular formula is C18H24O5P2. The first-order valence-electron chi connectivity index (χ1n) is 7.77. The van der Waals surface area contributed by atoms with Crippen LogP contribution in [-0.4, -0.2) is 26.4 Å². The molecule has 0 aliphatic heterocycles. The zero-order valence-corrected chi connectivity index (χ0v) is 16.6. The van der Waals surface area contributed by atoms with E-state index < -0.39 is 15.7 Å². The van der Waals surface area contributed by atoms with Gasteiger partial charge in [0.25, 0.3) is 0 Å². The van der Waals surface area contributed by atoms with Crippen molar-refractivity contribution in [2.75, 3.05) is 6.16 Å². The predicted octanol–water partition coefficient (Wildman–Crippen LogP) is 3.65. The van der Waals surface area contributed by atoms with Crippen LogP contribution in [0.2, 0.25) is 0 Å². The van der Waals surface area contributed by atoms with Crippen molar-refractivity contribution in [3.63, 3.8) is 0 Å². The van der Waals surface area contributed by atoms with Gasteiger partial charge in [0.2, 0.25) is 0 Å². The maximum Gasteiger partial charge on any atom is 0.466 e. The van der Waals surface area contributed by atoms with Crippen LogP contribution < -0.4 is 5.30 Å². The molecule has 2 aromatic rings. The van der Waals surface area contributed by atoms with Crippen LogP contribution in [0, 0.1) is 20.8 Å². The topological polar surface area (TPSA) is 94.8 Å². The fourth-order valence-electron chi connectivity index (χ4n) is 2.70. The standard InChI is InChI=1S/C18H21OP.H3O4P/c1-5-20(16-9-7-6-8-10-16)18(19)17-14(3)11-13(2)12-15(17)4;1-5(2,3)4/h6-12H,5H2,1-4H3;(H3,1,2,3,4). The molecule has 0 fully saturated rings. The molecule has 0 saturated carbocycles. The fraction of sp³-hybridized carbons (Fsp3) is 0.278. The highest BCUT2D eigenvalue weighted by atomic mass is 31.2. The van der Waals surface area contributed by atoms with Gasteiger partial charge in [-0.05, 0) is 43.4 Å². The van der Waals surface area contributed by atoms with Crippen LogP contribution >= 0.6 is 15.7 Å². The molecule has 7 heteroatoms. The van der Waals surface area contributed by atoms with E-state index in [1.807, 2.05) is 32.0 Å². The van der Waals surface area contributed by atoms with E-state index in [2.05, 4.69) is 38.1 Å². The van der Waals surface area contributed by atoms with Gasteiger partial charge in [-0.25, -0.2) is 4.57 Å². The summed E-state index contributed by atoms with van der Waals surface area (Å²) < 4.78 is 8.88. The Morgan fingerprint density at radius 3 is 1.84 bits per heavy atom. The quantitative estimate of drug-likeness (QED) is 0.702. The van der Waals surface area contributed by atoms with Crippen LogP contribution in [0.4, 0.5) is 0 Å². The summed E-state index contributed by atoms with van der Waals surface area (Å²) in [7, 11) is -5.41. The van der Waals surface area contributed by atoms with Crippen LogP contribution in [0.1, 0.15) is 34.0 Å². The van der Waals surface area contributed by atoms with Gasteiger partial charge in [-0.1, -0.05) is 55.0 Å². The van der Waals surface area contributed by atoms with Gasteiger partial charge in [0.15, 0.2) is 5.52 Å². The molecule has 0 aliphatic rings. The van der Waals surface area contributed by atoms with Crippen molar-refractivity contribution in [1.82, 2.24) is 0 Å². The van der Waals surface area contributed by atoms with E-state index in [0.717, 1.165) is 22.9 Å². The average molecular weight is 382 g/mol. The van der Waals surface area contributed by atoms with Gasteiger partial charge in [0, 0.05) is 13.5 Å². The molecule has 5 nitrogen and oxygen atoms in total. The van der Waals surface area contributed by atoms with Gasteiger partial charge in [0.1, 0.15) is 0 Å². The Labute approximate surface area is 149 Å². The Morgan fingerprint density at radius 2 is 1.44 bits per heavy atom. The molecule has 3 N–H and O–H groups in total. The summed E-state index contributed by atoms with van der Waals surface area (Å²) in [4.78, 5) is 34.5. The van der Waals surface area contributed by atoms with Crippen LogP contribution in [0.15, 0.2) is 42.5 Å². The predicted molar refractivity (Wildman–Crippen MR) is 103 cm³/mol. The van der Waals surface area contributed by atoms with Crippen LogP contribution in [0.3, 0.4) is 0 Å². The molecule has 0 heterocycles. The first-order valence-corrected chi connectivity index (χ1v) is 10.9. The monoisotopic (exact) mass is 382 g/mol. The summed E-state index contributed by atoms with van der Waals surface area (Å²) >= 11 is 0. The molecule has 25 heavy (non-hydrogen) atoms. The first kappa shape index (κ1) is 21.7. The molecule has 2 aromatic carbocycles. The van der Waals surface area contributed by atoms with Crippen molar-refractivity contribution >= 4 is 26.6 Å². The maximum absolute atomic E-state index is 13.0. The smallest absolute Gasteiger partial charge is 0.303 e. The van der Waals surface area contributed by atoms with Crippen molar-refractivity contribution in [3.05, 3.63) is 64.7 Å². The van der Waals surface area contributed by atoms with E-state index >= 15 is 0 Å². The lowest BCUT2D eigenvalue weighted by Crippen LogP contribution is -2.12. The van der Waals surface area contributed by atoms with E-state index in [4.69, 9.17) is 19.2 Å². The summed E-state index contributed by atoms with van der Waals surface area (Å²) in [5, 5.41) is 1.18. The second-order valence-electron chi connectivity index (χ2n) is 5.67. The normalized spacial score (nSPS) is 12.1. The van der Waals surface area contributed by atoms with Crippen LogP contribution in [0.25, 0.3) is 0 Å². The highest BCUT2D eigenvalue weighted by Gasteiger charge is 2.22. The van der Waals surface area contributed by atoms with Crippen molar-refractivity contribution in [2.45, 2.75) is 27.7 Å². The minimum atomic E-state index is -4.64. The Bertz CT molecular complexity index is 737. The van der Waals surface area contributed by atoms with Crippen molar-refractivity contribution < 1.29 is 24.0 Å². The second kappa shape index (κ2) is 9.38. The van der Waals surface area contributed by atoms with Crippen molar-refractivity contribution in [2.24, 2.45) is 0 Å². The van der Waals surface area contributed by atoms with Gasteiger partial charge in [-0.3, -0.25) is 4.79 Å². The molecule has 0 aromatic heterocycles. The number of carbonyl (C=O) groups is 1. The van der Waals surface area contributed by atoms with Gasteiger partial charge in [0.05, 0.1) is 0 Å². The highest BCUT2D eigenvalue weighted by molar-refractivity contribution is 7.82. The highest BCUT2D eigenvalue weighted by Crippen LogP contribution is 2.39. The van der Waals surface area contributed by atoms with E-state index in [-0.39, 0.29) is 0 Å². The molecule has 1 unspecified atom stereocenters. The summed E-state index contributed by atoms with van der Waals surface area (Å²) in [6.45, 7) is 8.27. The maximum atomic E-state index is 13.0. The molecule has 0 amide bonds. The molecule has 0 spiro atoms. The first-order chi connectivity index (χ1) is 11.5. The molecule has 0 aliphatic carbocycles. The fourth-order valence-corrected chi connectivity index (χ4v) is 4.75. The van der Waals surface area contributed by atoms with Gasteiger partial charge < -0.3 is 14.7 Å².